The van der Waals surface area contributed by atoms with E-state index in [0.29, 0.717) is 22.7 Å². The number of rotatable bonds is 12. The number of hydrazone groups is 1. The van der Waals surface area contributed by atoms with E-state index in [1.807, 2.05) is 0 Å². The maximum atomic E-state index is 13.0. The number of nitrogens with zero attached hydrogens (tertiary/aromatic N) is 2. The molecule has 0 unspecified atom stereocenters. The summed E-state index contributed by atoms with van der Waals surface area (Å²) in [6.07, 6.45) is 2.33. The molecule has 0 aliphatic rings. The zero-order chi connectivity index (χ0) is 28.4. The summed E-state index contributed by atoms with van der Waals surface area (Å²) in [6, 6.07) is 16.4. The third kappa shape index (κ3) is 8.71. The van der Waals surface area contributed by atoms with Gasteiger partial charge in [-0.3, -0.25) is 13.9 Å². The molecule has 0 atom stereocenters. The van der Waals surface area contributed by atoms with Crippen LogP contribution >= 0.6 is 0 Å². The summed E-state index contributed by atoms with van der Waals surface area (Å²) in [4.78, 5) is 24.5. The van der Waals surface area contributed by atoms with Gasteiger partial charge in [0, 0.05) is 11.8 Å². The molecule has 2 amide bonds. The van der Waals surface area contributed by atoms with Crippen molar-refractivity contribution in [2.45, 2.75) is 0 Å². The summed E-state index contributed by atoms with van der Waals surface area (Å²) in [5.74, 6) is -0.455. The largest absolute Gasteiger partial charge is 0.497 e. The maximum Gasteiger partial charge on any atom is 0.262 e. The number of amides is 2. The Morgan fingerprint density at radius 3 is 2.23 bits per heavy atom. The number of sulfonamides is 1. The van der Waals surface area contributed by atoms with Crippen molar-refractivity contribution in [1.82, 2.24) is 5.43 Å². The van der Waals surface area contributed by atoms with E-state index in [-0.39, 0.29) is 18.0 Å². The van der Waals surface area contributed by atoms with Gasteiger partial charge in [-0.05, 0) is 66.2 Å². The van der Waals surface area contributed by atoms with Crippen molar-refractivity contribution >= 4 is 39.4 Å². The lowest BCUT2D eigenvalue weighted by atomic mass is 10.2. The number of halogens is 1. The van der Waals surface area contributed by atoms with E-state index >= 15 is 0 Å². The molecule has 3 rings (SSSR count). The number of carbonyl (C=O) groups is 2. The summed E-state index contributed by atoms with van der Waals surface area (Å²) in [7, 11) is -1.04. The Kier molecular flexibility index (Phi) is 9.81. The van der Waals surface area contributed by atoms with Gasteiger partial charge in [-0.2, -0.15) is 5.10 Å². The van der Waals surface area contributed by atoms with E-state index in [2.05, 4.69) is 15.8 Å². The van der Waals surface area contributed by atoms with Crippen molar-refractivity contribution in [3.05, 3.63) is 78.1 Å². The molecule has 11 nitrogen and oxygen atoms in total. The Labute approximate surface area is 225 Å². The molecule has 3 aromatic carbocycles. The number of carbonyl (C=O) groups excluding carboxylic acids is 2. The second-order valence-corrected chi connectivity index (χ2v) is 9.92. The lowest BCUT2D eigenvalue weighted by Gasteiger charge is -2.23. The molecule has 13 heteroatoms. The minimum atomic E-state index is -3.86. The molecule has 0 radical (unpaired) electrons. The first-order valence-electron chi connectivity index (χ1n) is 11.4. The van der Waals surface area contributed by atoms with Crippen molar-refractivity contribution in [3.8, 4) is 17.2 Å². The van der Waals surface area contributed by atoms with Crippen LogP contribution in [0.3, 0.4) is 0 Å². The molecular formula is C26H27FN4O7S. The highest BCUT2D eigenvalue weighted by molar-refractivity contribution is 7.92. The number of hydrogen-bond donors (Lipinski definition) is 2. The molecule has 0 saturated heterocycles. The Morgan fingerprint density at radius 1 is 0.949 bits per heavy atom. The van der Waals surface area contributed by atoms with E-state index in [4.69, 9.17) is 14.2 Å². The van der Waals surface area contributed by atoms with Crippen LogP contribution < -0.4 is 29.3 Å². The SMILES string of the molecule is COc1ccc(OC)c(N(CC(=O)N/N=C\c2ccc(OCC(=O)Nc3ccc(F)cc3)cc2)S(C)(=O)=O)c1. The smallest absolute Gasteiger partial charge is 0.262 e. The molecule has 0 bridgehead atoms. The molecule has 0 saturated carbocycles. The van der Waals surface area contributed by atoms with Gasteiger partial charge in [0.05, 0.1) is 32.4 Å². The van der Waals surface area contributed by atoms with Crippen molar-refractivity contribution in [2.24, 2.45) is 5.10 Å². The molecule has 39 heavy (non-hydrogen) atoms. The van der Waals surface area contributed by atoms with Gasteiger partial charge >= 0.3 is 0 Å². The number of methoxy groups -OCH3 is 2. The van der Waals surface area contributed by atoms with Crippen LogP contribution in [0.25, 0.3) is 0 Å². The zero-order valence-electron chi connectivity index (χ0n) is 21.4. The minimum absolute atomic E-state index is 0.139. The Morgan fingerprint density at radius 2 is 1.62 bits per heavy atom. The average Bonchev–Trinajstić information content (AvgIpc) is 2.91. The number of ether oxygens (including phenoxy) is 3. The van der Waals surface area contributed by atoms with E-state index in [1.54, 1.807) is 30.3 Å². The Bertz CT molecular complexity index is 1430. The summed E-state index contributed by atoms with van der Waals surface area (Å²) in [6.45, 7) is -0.803. The quantitative estimate of drug-likeness (QED) is 0.258. The summed E-state index contributed by atoms with van der Waals surface area (Å²) >= 11 is 0. The molecule has 2 N–H and O–H groups in total. The normalized spacial score (nSPS) is 11.1. The second kappa shape index (κ2) is 13.2. The highest BCUT2D eigenvalue weighted by atomic mass is 32.2. The van der Waals surface area contributed by atoms with E-state index < -0.39 is 34.2 Å². The van der Waals surface area contributed by atoms with Gasteiger partial charge in [0.15, 0.2) is 6.61 Å². The lowest BCUT2D eigenvalue weighted by Crippen LogP contribution is -2.39. The molecular weight excluding hydrogens is 531 g/mol. The van der Waals surface area contributed by atoms with E-state index in [0.717, 1.165) is 10.6 Å². The summed E-state index contributed by atoms with van der Waals surface area (Å²) in [5.41, 5.74) is 3.48. The number of anilines is 2. The van der Waals surface area contributed by atoms with E-state index in [1.165, 1.54) is 56.8 Å². The molecule has 206 valence electrons. The first-order chi connectivity index (χ1) is 18.6. The van der Waals surface area contributed by atoms with Gasteiger partial charge in [-0.25, -0.2) is 18.2 Å². The molecule has 0 aliphatic carbocycles. The van der Waals surface area contributed by atoms with Gasteiger partial charge < -0.3 is 19.5 Å². The maximum absolute atomic E-state index is 13.0. The number of nitrogens with one attached hydrogen (secondary N) is 2. The van der Waals surface area contributed by atoms with Gasteiger partial charge in [-0.15, -0.1) is 0 Å². The van der Waals surface area contributed by atoms with Crippen LogP contribution in [0.5, 0.6) is 17.2 Å². The van der Waals surface area contributed by atoms with Crippen LogP contribution in [-0.2, 0) is 19.6 Å². The van der Waals surface area contributed by atoms with Gasteiger partial charge in [0.2, 0.25) is 10.0 Å². The molecule has 0 aliphatic heterocycles. The van der Waals surface area contributed by atoms with Crippen molar-refractivity contribution < 1.29 is 36.6 Å². The molecule has 3 aromatic rings. The van der Waals surface area contributed by atoms with Crippen LogP contribution in [0.2, 0.25) is 0 Å². The first kappa shape index (κ1) is 28.9. The van der Waals surface area contributed by atoms with Crippen molar-refractivity contribution in [2.75, 3.05) is 43.2 Å². The van der Waals surface area contributed by atoms with Crippen molar-refractivity contribution in [3.63, 3.8) is 0 Å². The number of benzene rings is 3. The predicted molar refractivity (Wildman–Crippen MR) is 144 cm³/mol. The first-order valence-corrected chi connectivity index (χ1v) is 13.2. The lowest BCUT2D eigenvalue weighted by molar-refractivity contribution is -0.119. The van der Waals surface area contributed by atoms with Crippen molar-refractivity contribution in [1.29, 1.82) is 0 Å². The zero-order valence-corrected chi connectivity index (χ0v) is 22.2. The highest BCUT2D eigenvalue weighted by Gasteiger charge is 2.24. The standard InChI is InChI=1S/C26H27FN4O7S/c1-36-22-12-13-24(37-2)23(14-22)31(39(3,34)35)16-25(32)30-28-15-18-4-10-21(11-5-18)38-17-26(33)29-20-8-6-19(27)7-9-20/h4-15H,16-17H2,1-3H3,(H,29,33)(H,30,32)/b28-15-. The number of hydrogen-bond acceptors (Lipinski definition) is 8. The fourth-order valence-corrected chi connectivity index (χ4v) is 4.10. The van der Waals surface area contributed by atoms with Crippen LogP contribution in [0, 0.1) is 5.82 Å². The average molecular weight is 559 g/mol. The molecule has 0 fully saturated rings. The van der Waals surface area contributed by atoms with Gasteiger partial charge in [0.25, 0.3) is 11.8 Å². The van der Waals surface area contributed by atoms with Crippen LogP contribution in [-0.4, -0.2) is 60.1 Å². The minimum Gasteiger partial charge on any atom is -0.497 e. The topological polar surface area (TPSA) is 136 Å². The monoisotopic (exact) mass is 558 g/mol. The van der Waals surface area contributed by atoms with Crippen LogP contribution in [0.15, 0.2) is 71.8 Å². The fraction of sp³-hybridized carbons (Fsp3) is 0.192. The molecule has 0 spiro atoms. The second-order valence-electron chi connectivity index (χ2n) is 8.01. The Balaban J connectivity index is 1.55. The van der Waals surface area contributed by atoms with E-state index in [9.17, 15) is 22.4 Å². The third-order valence-electron chi connectivity index (χ3n) is 5.12. The van der Waals surface area contributed by atoms with Crippen LogP contribution in [0.1, 0.15) is 5.56 Å². The third-order valence-corrected chi connectivity index (χ3v) is 6.25. The summed E-state index contributed by atoms with van der Waals surface area (Å²) < 4.78 is 54.5. The molecule has 0 aromatic heterocycles. The van der Waals surface area contributed by atoms with Gasteiger partial charge in [0.1, 0.15) is 29.6 Å². The molecule has 0 heterocycles. The van der Waals surface area contributed by atoms with Gasteiger partial charge in [-0.1, -0.05) is 0 Å². The summed E-state index contributed by atoms with van der Waals surface area (Å²) in [5, 5.41) is 6.46. The van der Waals surface area contributed by atoms with Crippen LogP contribution in [0.4, 0.5) is 15.8 Å². The highest BCUT2D eigenvalue weighted by Crippen LogP contribution is 2.33. The fourth-order valence-electron chi connectivity index (χ4n) is 3.25. The Hall–Kier alpha value is -4.65. The predicted octanol–water partition coefficient (Wildman–Crippen LogP) is 2.78.